The van der Waals surface area contributed by atoms with Crippen LogP contribution >= 0.6 is 27.5 Å². The third-order valence-corrected chi connectivity index (χ3v) is 4.19. The van der Waals surface area contributed by atoms with Gasteiger partial charge in [0.2, 0.25) is 0 Å². The van der Waals surface area contributed by atoms with E-state index in [1.54, 1.807) is 30.3 Å². The monoisotopic (exact) mass is 364 g/mol. The topological polar surface area (TPSA) is 55.1 Å². The zero-order valence-electron chi connectivity index (χ0n) is 11.0. The largest absolute Gasteiger partial charge is 0.478 e. The predicted molar refractivity (Wildman–Crippen MR) is 85.8 cm³/mol. The van der Waals surface area contributed by atoms with Gasteiger partial charge in [0.15, 0.2) is 0 Å². The van der Waals surface area contributed by atoms with Crippen LogP contribution in [-0.2, 0) is 7.05 Å². The summed E-state index contributed by atoms with van der Waals surface area (Å²) < 4.78 is 2.77. The molecule has 3 aromatic rings. The van der Waals surface area contributed by atoms with Gasteiger partial charge < -0.3 is 9.67 Å². The summed E-state index contributed by atoms with van der Waals surface area (Å²) in [5.74, 6) is -0.215. The minimum absolute atomic E-state index is 0.224. The zero-order valence-corrected chi connectivity index (χ0v) is 13.3. The fourth-order valence-electron chi connectivity index (χ4n) is 2.24. The molecule has 0 atom stereocenters. The second-order valence-electron chi connectivity index (χ2n) is 4.63. The molecule has 0 saturated heterocycles. The Hall–Kier alpha value is -1.85. The van der Waals surface area contributed by atoms with Gasteiger partial charge in [-0.05, 0) is 52.3 Å². The molecule has 1 aromatic heterocycles. The number of nitrogens with zero attached hydrogens (tertiary/aromatic N) is 2. The molecule has 0 unspecified atom stereocenters. The molecule has 0 fully saturated rings. The molecule has 0 aliphatic heterocycles. The normalized spacial score (nSPS) is 11.0. The Morgan fingerprint density at radius 2 is 2.05 bits per heavy atom. The smallest absolute Gasteiger partial charge is 0.335 e. The van der Waals surface area contributed by atoms with Crippen molar-refractivity contribution in [3.63, 3.8) is 0 Å². The van der Waals surface area contributed by atoms with Crippen molar-refractivity contribution < 1.29 is 9.90 Å². The standard InChI is InChI=1S/C15H10BrClN2O2/c1-19-13-5-2-8(15(20)21)6-12(13)18-14(19)10-4-3-9(17)7-11(10)16/h2-7H,1H3,(H,20,21). The Labute approximate surface area is 134 Å². The lowest BCUT2D eigenvalue weighted by Crippen LogP contribution is -1.96. The van der Waals surface area contributed by atoms with Crippen LogP contribution in [0.4, 0.5) is 0 Å². The molecule has 21 heavy (non-hydrogen) atoms. The molecule has 0 aliphatic rings. The summed E-state index contributed by atoms with van der Waals surface area (Å²) in [7, 11) is 1.89. The van der Waals surface area contributed by atoms with Gasteiger partial charge in [-0.15, -0.1) is 0 Å². The van der Waals surface area contributed by atoms with E-state index >= 15 is 0 Å². The number of rotatable bonds is 2. The summed E-state index contributed by atoms with van der Waals surface area (Å²) in [6, 6.07) is 10.4. The van der Waals surface area contributed by atoms with Crippen molar-refractivity contribution in [1.82, 2.24) is 9.55 Å². The Kier molecular flexibility index (Phi) is 3.47. The summed E-state index contributed by atoms with van der Waals surface area (Å²) in [4.78, 5) is 15.6. The number of carboxylic acids is 1. The van der Waals surface area contributed by atoms with E-state index in [1.165, 1.54) is 0 Å². The lowest BCUT2D eigenvalue weighted by atomic mass is 10.2. The Bertz CT molecular complexity index is 873. The highest BCUT2D eigenvalue weighted by Crippen LogP contribution is 2.32. The third-order valence-electron chi connectivity index (χ3n) is 3.30. The first kappa shape index (κ1) is 14.1. The molecule has 0 aliphatic carbocycles. The quantitative estimate of drug-likeness (QED) is 0.734. The Morgan fingerprint density at radius 1 is 1.29 bits per heavy atom. The van der Waals surface area contributed by atoms with Gasteiger partial charge in [-0.2, -0.15) is 0 Å². The maximum absolute atomic E-state index is 11.0. The SMILES string of the molecule is Cn1c(-c2ccc(Cl)cc2Br)nc2cc(C(=O)O)ccc21. The molecular weight excluding hydrogens is 356 g/mol. The molecule has 0 saturated carbocycles. The molecule has 4 nitrogen and oxygen atoms in total. The lowest BCUT2D eigenvalue weighted by molar-refractivity contribution is 0.0697. The van der Waals surface area contributed by atoms with Gasteiger partial charge in [0.05, 0.1) is 16.6 Å². The fourth-order valence-corrected chi connectivity index (χ4v) is 3.10. The van der Waals surface area contributed by atoms with E-state index in [0.29, 0.717) is 10.5 Å². The number of hydrogen-bond donors (Lipinski definition) is 1. The number of aryl methyl sites for hydroxylation is 1. The summed E-state index contributed by atoms with van der Waals surface area (Å²) >= 11 is 9.44. The van der Waals surface area contributed by atoms with Gasteiger partial charge in [-0.1, -0.05) is 11.6 Å². The first-order chi connectivity index (χ1) is 9.97. The summed E-state index contributed by atoms with van der Waals surface area (Å²) in [6.45, 7) is 0. The second kappa shape index (κ2) is 5.16. The van der Waals surface area contributed by atoms with Crippen LogP contribution in [0.15, 0.2) is 40.9 Å². The lowest BCUT2D eigenvalue weighted by Gasteiger charge is -2.05. The molecular formula is C15H10BrClN2O2. The van der Waals surface area contributed by atoms with Gasteiger partial charge in [0.25, 0.3) is 0 Å². The fraction of sp³-hybridized carbons (Fsp3) is 0.0667. The van der Waals surface area contributed by atoms with E-state index in [1.807, 2.05) is 17.7 Å². The van der Waals surface area contributed by atoms with Crippen LogP contribution in [0.3, 0.4) is 0 Å². The molecule has 0 radical (unpaired) electrons. The summed E-state index contributed by atoms with van der Waals surface area (Å²) in [5, 5.41) is 9.69. The molecule has 0 spiro atoms. The maximum Gasteiger partial charge on any atom is 0.335 e. The van der Waals surface area contributed by atoms with Gasteiger partial charge in [-0.3, -0.25) is 0 Å². The van der Waals surface area contributed by atoms with Crippen LogP contribution in [0.2, 0.25) is 5.02 Å². The van der Waals surface area contributed by atoms with Gasteiger partial charge in [-0.25, -0.2) is 9.78 Å². The number of fused-ring (bicyclic) bond motifs is 1. The van der Waals surface area contributed by atoms with Crippen molar-refractivity contribution in [2.75, 3.05) is 0 Å². The highest BCUT2D eigenvalue weighted by molar-refractivity contribution is 9.10. The molecule has 6 heteroatoms. The van der Waals surface area contributed by atoms with Crippen LogP contribution in [0, 0.1) is 0 Å². The van der Waals surface area contributed by atoms with Crippen molar-refractivity contribution in [3.8, 4) is 11.4 Å². The van der Waals surface area contributed by atoms with Crippen LogP contribution in [0.5, 0.6) is 0 Å². The van der Waals surface area contributed by atoms with E-state index in [0.717, 1.165) is 21.4 Å². The number of carbonyl (C=O) groups is 1. The number of imidazole rings is 1. The van der Waals surface area contributed by atoms with E-state index in [4.69, 9.17) is 16.7 Å². The van der Waals surface area contributed by atoms with E-state index in [9.17, 15) is 4.79 Å². The van der Waals surface area contributed by atoms with Crippen molar-refractivity contribution in [2.24, 2.45) is 7.05 Å². The number of halogens is 2. The maximum atomic E-state index is 11.0. The van der Waals surface area contributed by atoms with E-state index in [-0.39, 0.29) is 5.56 Å². The van der Waals surface area contributed by atoms with Crippen LogP contribution in [-0.4, -0.2) is 20.6 Å². The predicted octanol–water partition coefficient (Wildman–Crippen LogP) is 4.35. The van der Waals surface area contributed by atoms with Crippen molar-refractivity contribution in [1.29, 1.82) is 0 Å². The average Bonchev–Trinajstić information content (AvgIpc) is 2.75. The molecule has 0 amide bonds. The van der Waals surface area contributed by atoms with Crippen LogP contribution < -0.4 is 0 Å². The van der Waals surface area contributed by atoms with Crippen molar-refractivity contribution in [3.05, 3.63) is 51.5 Å². The van der Waals surface area contributed by atoms with Gasteiger partial charge in [0.1, 0.15) is 5.82 Å². The number of carboxylic acid groups (broad SMARTS) is 1. The minimum atomic E-state index is -0.961. The first-order valence-corrected chi connectivity index (χ1v) is 7.29. The summed E-state index contributed by atoms with van der Waals surface area (Å²) in [6.07, 6.45) is 0. The first-order valence-electron chi connectivity index (χ1n) is 6.12. The zero-order chi connectivity index (χ0) is 15.1. The highest BCUT2D eigenvalue weighted by atomic mass is 79.9. The van der Waals surface area contributed by atoms with Crippen molar-refractivity contribution in [2.45, 2.75) is 0 Å². The Morgan fingerprint density at radius 3 is 2.71 bits per heavy atom. The van der Waals surface area contributed by atoms with Crippen molar-refractivity contribution >= 4 is 44.5 Å². The number of benzene rings is 2. The number of hydrogen-bond acceptors (Lipinski definition) is 2. The molecule has 1 heterocycles. The third kappa shape index (κ3) is 2.43. The van der Waals surface area contributed by atoms with E-state index < -0.39 is 5.97 Å². The second-order valence-corrected chi connectivity index (χ2v) is 5.92. The highest BCUT2D eigenvalue weighted by Gasteiger charge is 2.14. The minimum Gasteiger partial charge on any atom is -0.478 e. The summed E-state index contributed by atoms with van der Waals surface area (Å²) in [5.41, 5.74) is 2.64. The molecule has 0 bridgehead atoms. The molecule has 106 valence electrons. The molecule has 1 N–H and O–H groups in total. The molecule has 2 aromatic carbocycles. The Balaban J connectivity index is 2.23. The number of aromatic nitrogens is 2. The van der Waals surface area contributed by atoms with Crippen LogP contribution in [0.1, 0.15) is 10.4 Å². The number of aromatic carboxylic acids is 1. The van der Waals surface area contributed by atoms with Gasteiger partial charge in [0, 0.05) is 22.1 Å². The van der Waals surface area contributed by atoms with Crippen LogP contribution in [0.25, 0.3) is 22.4 Å². The van der Waals surface area contributed by atoms with Gasteiger partial charge >= 0.3 is 5.97 Å². The molecule has 3 rings (SSSR count). The average molecular weight is 366 g/mol. The van der Waals surface area contributed by atoms with E-state index in [2.05, 4.69) is 20.9 Å².